The summed E-state index contributed by atoms with van der Waals surface area (Å²) in [5.41, 5.74) is 5.95. The van der Waals surface area contributed by atoms with Gasteiger partial charge in [0.15, 0.2) is 11.5 Å². The van der Waals surface area contributed by atoms with Crippen LogP contribution in [-0.4, -0.2) is 29.2 Å². The van der Waals surface area contributed by atoms with Gasteiger partial charge in [-0.2, -0.15) is 4.98 Å². The maximum absolute atomic E-state index is 5.63. The molecule has 0 spiro atoms. The molecule has 0 amide bonds. The summed E-state index contributed by atoms with van der Waals surface area (Å²) < 4.78 is 16.1. The summed E-state index contributed by atoms with van der Waals surface area (Å²) in [6.45, 7) is 0. The van der Waals surface area contributed by atoms with E-state index < -0.39 is 0 Å². The lowest BCUT2D eigenvalue weighted by molar-refractivity contribution is 0.336. The maximum Gasteiger partial charge on any atom is 0.322 e. The Hall–Kier alpha value is -2.41. The second-order valence-electron chi connectivity index (χ2n) is 3.68. The standard InChI is InChI=1S/C13H13N3O3S/c1-17-9-4-3-5-10(18-2)11(9)19-13-15-7-6-8(16-13)12(14)20/h3-7H,1-2H3,(H2,14,20). The van der Waals surface area contributed by atoms with Gasteiger partial charge in [0, 0.05) is 6.20 Å². The number of benzene rings is 1. The van der Waals surface area contributed by atoms with E-state index in [4.69, 9.17) is 32.2 Å². The lowest BCUT2D eigenvalue weighted by Gasteiger charge is -2.12. The van der Waals surface area contributed by atoms with Crippen molar-refractivity contribution >= 4 is 17.2 Å². The molecule has 104 valence electrons. The fourth-order valence-electron chi connectivity index (χ4n) is 1.54. The molecule has 0 fully saturated rings. The molecule has 1 heterocycles. The molecule has 0 bridgehead atoms. The highest BCUT2D eigenvalue weighted by atomic mass is 32.1. The third kappa shape index (κ3) is 2.94. The van der Waals surface area contributed by atoms with E-state index in [-0.39, 0.29) is 11.0 Å². The van der Waals surface area contributed by atoms with Gasteiger partial charge < -0.3 is 19.9 Å². The third-order valence-corrected chi connectivity index (χ3v) is 2.67. The normalized spacial score (nSPS) is 9.90. The first-order chi connectivity index (χ1) is 9.65. The van der Waals surface area contributed by atoms with E-state index in [1.165, 1.54) is 20.4 Å². The van der Waals surface area contributed by atoms with Gasteiger partial charge >= 0.3 is 6.01 Å². The van der Waals surface area contributed by atoms with Crippen molar-refractivity contribution in [3.63, 3.8) is 0 Å². The molecule has 0 saturated carbocycles. The molecule has 7 heteroatoms. The van der Waals surface area contributed by atoms with E-state index in [9.17, 15) is 0 Å². The first kappa shape index (κ1) is 14.0. The van der Waals surface area contributed by atoms with Gasteiger partial charge in [0.2, 0.25) is 5.75 Å². The Morgan fingerprint density at radius 3 is 2.35 bits per heavy atom. The summed E-state index contributed by atoms with van der Waals surface area (Å²) in [7, 11) is 3.07. The molecule has 0 atom stereocenters. The summed E-state index contributed by atoms with van der Waals surface area (Å²) >= 11 is 4.87. The van der Waals surface area contributed by atoms with Gasteiger partial charge in [-0.15, -0.1) is 0 Å². The van der Waals surface area contributed by atoms with Gasteiger partial charge in [-0.1, -0.05) is 18.3 Å². The summed E-state index contributed by atoms with van der Waals surface area (Å²) in [6.07, 6.45) is 1.51. The lowest BCUT2D eigenvalue weighted by atomic mass is 10.3. The lowest BCUT2D eigenvalue weighted by Crippen LogP contribution is -2.12. The molecular weight excluding hydrogens is 278 g/mol. The Morgan fingerprint density at radius 2 is 1.80 bits per heavy atom. The van der Waals surface area contributed by atoms with Crippen LogP contribution in [0.1, 0.15) is 5.69 Å². The fourth-order valence-corrected chi connectivity index (χ4v) is 1.65. The van der Waals surface area contributed by atoms with Crippen LogP contribution in [0, 0.1) is 0 Å². The van der Waals surface area contributed by atoms with Crippen molar-refractivity contribution in [3.8, 4) is 23.3 Å². The number of methoxy groups -OCH3 is 2. The highest BCUT2D eigenvalue weighted by Crippen LogP contribution is 2.38. The molecule has 2 aromatic rings. The van der Waals surface area contributed by atoms with Gasteiger partial charge in [0.1, 0.15) is 10.7 Å². The minimum Gasteiger partial charge on any atom is -0.493 e. The average molecular weight is 291 g/mol. The average Bonchev–Trinajstić information content (AvgIpc) is 2.47. The van der Waals surface area contributed by atoms with Crippen molar-refractivity contribution in [1.82, 2.24) is 9.97 Å². The van der Waals surface area contributed by atoms with Gasteiger partial charge in [0.25, 0.3) is 0 Å². The topological polar surface area (TPSA) is 79.5 Å². The van der Waals surface area contributed by atoms with E-state index in [0.717, 1.165) is 0 Å². The fraction of sp³-hybridized carbons (Fsp3) is 0.154. The first-order valence-corrected chi connectivity index (χ1v) is 6.08. The van der Waals surface area contributed by atoms with E-state index in [1.54, 1.807) is 24.3 Å². The van der Waals surface area contributed by atoms with Crippen LogP contribution in [0.4, 0.5) is 0 Å². The molecule has 1 aromatic heterocycles. The molecule has 20 heavy (non-hydrogen) atoms. The zero-order chi connectivity index (χ0) is 14.5. The van der Waals surface area contributed by atoms with E-state index >= 15 is 0 Å². The number of nitrogens with zero attached hydrogens (tertiary/aromatic N) is 2. The molecule has 1 aromatic carbocycles. The van der Waals surface area contributed by atoms with Crippen molar-refractivity contribution in [2.45, 2.75) is 0 Å². The van der Waals surface area contributed by atoms with Crippen LogP contribution in [0.3, 0.4) is 0 Å². The molecule has 0 saturated heterocycles. The van der Waals surface area contributed by atoms with Crippen LogP contribution < -0.4 is 19.9 Å². The molecule has 0 aliphatic carbocycles. The van der Waals surface area contributed by atoms with Gasteiger partial charge in [0.05, 0.1) is 14.2 Å². The summed E-state index contributed by atoms with van der Waals surface area (Å²) in [5.74, 6) is 1.40. The van der Waals surface area contributed by atoms with E-state index in [2.05, 4.69) is 9.97 Å². The zero-order valence-electron chi connectivity index (χ0n) is 11.0. The van der Waals surface area contributed by atoms with Crippen molar-refractivity contribution in [1.29, 1.82) is 0 Å². The summed E-state index contributed by atoms with van der Waals surface area (Å²) in [4.78, 5) is 8.29. The molecule has 0 unspecified atom stereocenters. The van der Waals surface area contributed by atoms with Crippen molar-refractivity contribution in [2.75, 3.05) is 14.2 Å². The van der Waals surface area contributed by atoms with Gasteiger partial charge in [-0.25, -0.2) is 4.98 Å². The second kappa shape index (κ2) is 6.16. The van der Waals surface area contributed by atoms with Crippen molar-refractivity contribution in [2.24, 2.45) is 5.73 Å². The number of aromatic nitrogens is 2. The molecule has 6 nitrogen and oxygen atoms in total. The number of thiocarbonyl (C=S) groups is 1. The first-order valence-electron chi connectivity index (χ1n) is 5.67. The maximum atomic E-state index is 5.63. The van der Waals surface area contributed by atoms with E-state index in [0.29, 0.717) is 22.9 Å². The van der Waals surface area contributed by atoms with Gasteiger partial charge in [-0.3, -0.25) is 0 Å². The number of nitrogens with two attached hydrogens (primary N) is 1. The monoisotopic (exact) mass is 291 g/mol. The highest BCUT2D eigenvalue weighted by Gasteiger charge is 2.14. The third-order valence-electron chi connectivity index (χ3n) is 2.46. The number of hydrogen-bond acceptors (Lipinski definition) is 6. The summed E-state index contributed by atoms with van der Waals surface area (Å²) in [5, 5.41) is 0. The molecular formula is C13H13N3O3S. The number of ether oxygens (including phenoxy) is 3. The minimum absolute atomic E-state index is 0.109. The van der Waals surface area contributed by atoms with Crippen LogP contribution in [0.25, 0.3) is 0 Å². The summed E-state index contributed by atoms with van der Waals surface area (Å²) in [6, 6.07) is 6.99. The number of para-hydroxylation sites is 1. The SMILES string of the molecule is COc1cccc(OC)c1Oc1nccc(C(N)=S)n1. The highest BCUT2D eigenvalue weighted by molar-refractivity contribution is 7.80. The Labute approximate surface area is 121 Å². The molecule has 0 aliphatic heterocycles. The van der Waals surface area contributed by atoms with E-state index in [1.807, 2.05) is 0 Å². The minimum atomic E-state index is 0.109. The Morgan fingerprint density at radius 1 is 1.15 bits per heavy atom. The van der Waals surface area contributed by atoms with Crippen LogP contribution in [0.5, 0.6) is 23.3 Å². The van der Waals surface area contributed by atoms with Crippen LogP contribution in [-0.2, 0) is 0 Å². The molecule has 2 N–H and O–H groups in total. The predicted molar refractivity (Wildman–Crippen MR) is 77.5 cm³/mol. The largest absolute Gasteiger partial charge is 0.493 e. The van der Waals surface area contributed by atoms with Crippen LogP contribution >= 0.6 is 12.2 Å². The molecule has 2 rings (SSSR count). The Balaban J connectivity index is 2.39. The van der Waals surface area contributed by atoms with Crippen LogP contribution in [0.15, 0.2) is 30.5 Å². The van der Waals surface area contributed by atoms with Crippen LogP contribution in [0.2, 0.25) is 0 Å². The second-order valence-corrected chi connectivity index (χ2v) is 4.12. The van der Waals surface area contributed by atoms with Gasteiger partial charge in [-0.05, 0) is 18.2 Å². The zero-order valence-corrected chi connectivity index (χ0v) is 11.8. The Kier molecular flexibility index (Phi) is 4.31. The molecule has 0 radical (unpaired) electrons. The molecule has 0 aliphatic rings. The Bertz CT molecular complexity index is 612. The number of rotatable bonds is 5. The smallest absolute Gasteiger partial charge is 0.322 e. The predicted octanol–water partition coefficient (Wildman–Crippen LogP) is 1.92. The number of hydrogen-bond donors (Lipinski definition) is 1. The quantitative estimate of drug-likeness (QED) is 0.843. The van der Waals surface area contributed by atoms with Crippen molar-refractivity contribution in [3.05, 3.63) is 36.2 Å². The van der Waals surface area contributed by atoms with Crippen molar-refractivity contribution < 1.29 is 14.2 Å².